The summed E-state index contributed by atoms with van der Waals surface area (Å²) in [7, 11) is -4.22. The maximum atomic E-state index is 11.1. The van der Waals surface area contributed by atoms with E-state index in [-0.39, 0.29) is 4.90 Å². The number of hydrogen-bond donors (Lipinski definition) is 4. The Bertz CT molecular complexity index is 1070. The van der Waals surface area contributed by atoms with Gasteiger partial charge in [-0.25, -0.2) is 4.98 Å². The van der Waals surface area contributed by atoms with Crippen LogP contribution in [0.25, 0.3) is 11.3 Å². The van der Waals surface area contributed by atoms with E-state index >= 15 is 0 Å². The summed E-state index contributed by atoms with van der Waals surface area (Å²) in [6.45, 7) is 0. The van der Waals surface area contributed by atoms with E-state index in [1.807, 2.05) is 12.1 Å². The molecule has 4 N–H and O–H groups in total. The zero-order chi connectivity index (χ0) is 19.6. The average molecular weight is 398 g/mol. The number of nitrogens with zero attached hydrogens (tertiary/aromatic N) is 3. The summed E-state index contributed by atoms with van der Waals surface area (Å²) in [5, 5.41) is 3.28. The minimum Gasteiger partial charge on any atom is -0.351 e. The highest BCUT2D eigenvalue weighted by atomic mass is 32.2. The molecule has 0 spiro atoms. The van der Waals surface area contributed by atoms with Crippen molar-refractivity contribution in [1.82, 2.24) is 15.0 Å². The van der Waals surface area contributed by atoms with Crippen molar-refractivity contribution >= 4 is 27.6 Å². The van der Waals surface area contributed by atoms with Crippen LogP contribution >= 0.6 is 0 Å². The molecule has 2 heterocycles. The number of hydrogen-bond acceptors (Lipinski definition) is 8. The molecule has 0 amide bonds. The first-order valence-electron chi connectivity index (χ1n) is 8.63. The molecule has 0 aliphatic heterocycles. The van der Waals surface area contributed by atoms with Crippen LogP contribution in [0.4, 0.5) is 17.5 Å². The molecular formula is C18H18N6O3S. The normalized spacial score (nSPS) is 13.8. The third kappa shape index (κ3) is 4.53. The minimum absolute atomic E-state index is 0.171. The number of aromatic nitrogens is 3. The largest absolute Gasteiger partial charge is 0.351 e. The predicted molar refractivity (Wildman–Crippen MR) is 105 cm³/mol. The van der Waals surface area contributed by atoms with Crippen LogP contribution in [0.3, 0.4) is 0 Å². The summed E-state index contributed by atoms with van der Waals surface area (Å²) < 4.78 is 31.3. The molecule has 28 heavy (non-hydrogen) atoms. The molecule has 10 heteroatoms. The molecule has 1 saturated carbocycles. The van der Waals surface area contributed by atoms with Gasteiger partial charge in [0.25, 0.3) is 10.1 Å². The van der Waals surface area contributed by atoms with Crippen LogP contribution in [0, 0.1) is 0 Å². The molecular weight excluding hydrogens is 380 g/mol. The van der Waals surface area contributed by atoms with Crippen molar-refractivity contribution in [2.75, 3.05) is 16.2 Å². The van der Waals surface area contributed by atoms with E-state index < -0.39 is 10.1 Å². The Balaban J connectivity index is 1.54. The zero-order valence-electron chi connectivity index (χ0n) is 14.7. The fraction of sp³-hybridized carbons (Fsp3) is 0.167. The molecule has 144 valence electrons. The molecule has 0 unspecified atom stereocenters. The van der Waals surface area contributed by atoms with Crippen molar-refractivity contribution in [2.24, 2.45) is 0 Å². The molecule has 0 atom stereocenters. The number of hydrazine groups is 1. The molecule has 1 aliphatic rings. The van der Waals surface area contributed by atoms with Crippen LogP contribution < -0.4 is 16.2 Å². The van der Waals surface area contributed by atoms with Gasteiger partial charge in [0.1, 0.15) is 0 Å². The van der Waals surface area contributed by atoms with E-state index in [0.29, 0.717) is 23.5 Å². The van der Waals surface area contributed by atoms with Crippen molar-refractivity contribution in [1.29, 1.82) is 0 Å². The molecule has 1 aromatic carbocycles. The summed E-state index contributed by atoms with van der Waals surface area (Å²) >= 11 is 0. The molecule has 1 fully saturated rings. The third-order valence-electron chi connectivity index (χ3n) is 4.08. The van der Waals surface area contributed by atoms with Gasteiger partial charge in [-0.15, -0.1) is 0 Å². The standard InChI is InChI=1S/C18H18N6O3S/c25-28(26,27)15-7-5-14(6-8-15)23-24-17-10-16(12-2-1-9-19-11-12)21-18(22-17)20-13-3-4-13/h1-2,5-11,13,23H,3-4H2,(H,25,26,27)(H2,20,21,22,24). The summed E-state index contributed by atoms with van der Waals surface area (Å²) in [5.41, 5.74) is 8.13. The second kappa shape index (κ2) is 7.41. The highest BCUT2D eigenvalue weighted by molar-refractivity contribution is 7.85. The second-order valence-electron chi connectivity index (χ2n) is 6.37. The van der Waals surface area contributed by atoms with E-state index in [1.165, 1.54) is 24.3 Å². The van der Waals surface area contributed by atoms with Crippen LogP contribution in [0.1, 0.15) is 12.8 Å². The quantitative estimate of drug-likeness (QED) is 0.351. The molecule has 0 radical (unpaired) electrons. The predicted octanol–water partition coefficient (Wildman–Crippen LogP) is 2.80. The lowest BCUT2D eigenvalue weighted by Crippen LogP contribution is -2.13. The average Bonchev–Trinajstić information content (AvgIpc) is 3.50. The lowest BCUT2D eigenvalue weighted by atomic mass is 10.2. The minimum atomic E-state index is -4.22. The smallest absolute Gasteiger partial charge is 0.294 e. The van der Waals surface area contributed by atoms with Gasteiger partial charge in [0.15, 0.2) is 5.82 Å². The Kier molecular flexibility index (Phi) is 4.80. The highest BCUT2D eigenvalue weighted by Crippen LogP contribution is 2.26. The SMILES string of the molecule is O=S(=O)(O)c1ccc(NNc2cc(-c3cccnc3)nc(NC3CC3)n2)cc1. The summed E-state index contributed by atoms with van der Waals surface area (Å²) in [5.74, 6) is 1.06. The van der Waals surface area contributed by atoms with Crippen molar-refractivity contribution in [3.8, 4) is 11.3 Å². The first-order valence-corrected chi connectivity index (χ1v) is 10.1. The molecule has 4 rings (SSSR count). The Labute approximate surface area is 162 Å². The lowest BCUT2D eigenvalue weighted by Gasteiger charge is -2.12. The van der Waals surface area contributed by atoms with Crippen molar-refractivity contribution in [2.45, 2.75) is 23.8 Å². The first kappa shape index (κ1) is 18.1. The van der Waals surface area contributed by atoms with Gasteiger partial charge in [-0.1, -0.05) is 0 Å². The van der Waals surface area contributed by atoms with Crippen LogP contribution in [0.2, 0.25) is 0 Å². The highest BCUT2D eigenvalue weighted by Gasteiger charge is 2.22. The van der Waals surface area contributed by atoms with Crippen molar-refractivity contribution in [3.63, 3.8) is 0 Å². The third-order valence-corrected chi connectivity index (χ3v) is 4.95. The zero-order valence-corrected chi connectivity index (χ0v) is 15.5. The number of rotatable bonds is 7. The fourth-order valence-corrected chi connectivity index (χ4v) is 2.97. The fourth-order valence-electron chi connectivity index (χ4n) is 2.49. The van der Waals surface area contributed by atoms with Gasteiger partial charge in [-0.3, -0.25) is 20.4 Å². The Morgan fingerprint density at radius 2 is 1.82 bits per heavy atom. The van der Waals surface area contributed by atoms with E-state index in [4.69, 9.17) is 4.55 Å². The van der Waals surface area contributed by atoms with Gasteiger partial charge in [-0.2, -0.15) is 13.4 Å². The topological polar surface area (TPSA) is 129 Å². The maximum absolute atomic E-state index is 11.1. The van der Waals surface area contributed by atoms with E-state index in [0.717, 1.165) is 24.1 Å². The van der Waals surface area contributed by atoms with Gasteiger partial charge in [-0.05, 0) is 49.2 Å². The summed E-state index contributed by atoms with van der Waals surface area (Å²) in [6, 6.07) is 11.6. The van der Waals surface area contributed by atoms with Gasteiger partial charge < -0.3 is 5.32 Å². The Morgan fingerprint density at radius 3 is 2.46 bits per heavy atom. The number of anilines is 3. The van der Waals surface area contributed by atoms with Gasteiger partial charge in [0, 0.05) is 30.1 Å². The van der Waals surface area contributed by atoms with Crippen LogP contribution in [-0.4, -0.2) is 34.0 Å². The van der Waals surface area contributed by atoms with Gasteiger partial charge in [0.2, 0.25) is 5.95 Å². The maximum Gasteiger partial charge on any atom is 0.294 e. The molecule has 0 bridgehead atoms. The van der Waals surface area contributed by atoms with E-state index in [2.05, 4.69) is 31.1 Å². The summed E-state index contributed by atoms with van der Waals surface area (Å²) in [6.07, 6.45) is 5.63. The van der Waals surface area contributed by atoms with Crippen LogP contribution in [0.5, 0.6) is 0 Å². The van der Waals surface area contributed by atoms with E-state index in [1.54, 1.807) is 18.5 Å². The number of pyridine rings is 1. The number of benzene rings is 1. The second-order valence-corrected chi connectivity index (χ2v) is 7.79. The molecule has 3 aromatic rings. The lowest BCUT2D eigenvalue weighted by molar-refractivity contribution is 0.483. The molecule has 0 saturated heterocycles. The number of nitrogens with one attached hydrogen (secondary N) is 3. The van der Waals surface area contributed by atoms with Crippen LogP contribution in [-0.2, 0) is 10.1 Å². The summed E-state index contributed by atoms with van der Waals surface area (Å²) in [4.78, 5) is 13.0. The van der Waals surface area contributed by atoms with Gasteiger partial charge >= 0.3 is 0 Å². The molecule has 2 aromatic heterocycles. The Morgan fingerprint density at radius 1 is 1.04 bits per heavy atom. The van der Waals surface area contributed by atoms with Gasteiger partial charge in [0.05, 0.1) is 16.3 Å². The molecule has 9 nitrogen and oxygen atoms in total. The molecule has 1 aliphatic carbocycles. The first-order chi connectivity index (χ1) is 13.5. The van der Waals surface area contributed by atoms with Crippen LogP contribution in [0.15, 0.2) is 59.8 Å². The van der Waals surface area contributed by atoms with Crippen molar-refractivity contribution in [3.05, 3.63) is 54.9 Å². The van der Waals surface area contributed by atoms with E-state index in [9.17, 15) is 8.42 Å². The Hall–Kier alpha value is -3.24. The van der Waals surface area contributed by atoms with Crippen molar-refractivity contribution < 1.29 is 13.0 Å². The monoisotopic (exact) mass is 398 g/mol.